The standard InChI is InChI=1S/C17H20N4O3/c1-13-4-2-3-9-20(13)16(22)10-24-17(23)14-5-7-15(8-6-14)21-12-18-11-19-21/h5-8,11-13H,2-4,9-10H2,1H3/t13-/m1/s1. The Labute approximate surface area is 140 Å². The highest BCUT2D eigenvalue weighted by molar-refractivity contribution is 5.91. The number of benzene rings is 1. The fourth-order valence-electron chi connectivity index (χ4n) is 2.85. The van der Waals surface area contributed by atoms with Crippen molar-refractivity contribution < 1.29 is 14.3 Å². The fraction of sp³-hybridized carbons (Fsp3) is 0.412. The third-order valence-corrected chi connectivity index (χ3v) is 4.24. The molecule has 126 valence electrons. The molecule has 1 aromatic carbocycles. The van der Waals surface area contributed by atoms with Crippen molar-refractivity contribution in [2.75, 3.05) is 13.2 Å². The van der Waals surface area contributed by atoms with Crippen LogP contribution < -0.4 is 0 Å². The van der Waals surface area contributed by atoms with Crippen LogP contribution in [-0.4, -0.2) is 50.7 Å². The Bertz CT molecular complexity index is 697. The van der Waals surface area contributed by atoms with Crippen LogP contribution in [0.1, 0.15) is 36.5 Å². The quantitative estimate of drug-likeness (QED) is 0.800. The first kappa shape index (κ1) is 16.2. The number of rotatable bonds is 4. The van der Waals surface area contributed by atoms with Gasteiger partial charge in [0.15, 0.2) is 6.61 Å². The minimum Gasteiger partial charge on any atom is -0.452 e. The van der Waals surface area contributed by atoms with Crippen LogP contribution in [0.5, 0.6) is 0 Å². The molecule has 1 aliphatic rings. The lowest BCUT2D eigenvalue weighted by molar-refractivity contribution is -0.137. The second-order valence-corrected chi connectivity index (χ2v) is 5.89. The van der Waals surface area contributed by atoms with E-state index in [9.17, 15) is 9.59 Å². The molecule has 0 aliphatic carbocycles. The lowest BCUT2D eigenvalue weighted by Gasteiger charge is -2.33. The molecule has 2 aromatic rings. The maximum absolute atomic E-state index is 12.2. The van der Waals surface area contributed by atoms with E-state index < -0.39 is 5.97 Å². The zero-order chi connectivity index (χ0) is 16.9. The number of amides is 1. The lowest BCUT2D eigenvalue weighted by atomic mass is 10.0. The highest BCUT2D eigenvalue weighted by atomic mass is 16.5. The van der Waals surface area contributed by atoms with Gasteiger partial charge in [0.2, 0.25) is 0 Å². The largest absolute Gasteiger partial charge is 0.452 e. The smallest absolute Gasteiger partial charge is 0.338 e. The van der Waals surface area contributed by atoms with E-state index in [2.05, 4.69) is 10.1 Å². The van der Waals surface area contributed by atoms with Crippen LogP contribution in [0.15, 0.2) is 36.9 Å². The molecule has 7 heteroatoms. The summed E-state index contributed by atoms with van der Waals surface area (Å²) in [6, 6.07) is 7.01. The monoisotopic (exact) mass is 328 g/mol. The number of ether oxygens (including phenoxy) is 1. The summed E-state index contributed by atoms with van der Waals surface area (Å²) < 4.78 is 6.75. The van der Waals surface area contributed by atoms with Gasteiger partial charge in [0.1, 0.15) is 12.7 Å². The Kier molecular flexibility index (Phi) is 4.88. The maximum Gasteiger partial charge on any atom is 0.338 e. The minimum absolute atomic E-state index is 0.130. The van der Waals surface area contributed by atoms with Gasteiger partial charge in [-0.1, -0.05) is 0 Å². The van der Waals surface area contributed by atoms with Crippen molar-refractivity contribution in [1.29, 1.82) is 0 Å². The van der Waals surface area contributed by atoms with E-state index >= 15 is 0 Å². The summed E-state index contributed by atoms with van der Waals surface area (Å²) in [5.41, 5.74) is 1.20. The fourth-order valence-corrected chi connectivity index (χ4v) is 2.85. The molecule has 24 heavy (non-hydrogen) atoms. The van der Waals surface area contributed by atoms with Crippen LogP contribution in [-0.2, 0) is 9.53 Å². The average molecular weight is 328 g/mol. The predicted octanol–water partition coefficient (Wildman–Crippen LogP) is 1.83. The molecule has 0 radical (unpaired) electrons. The molecule has 0 unspecified atom stereocenters. The van der Waals surface area contributed by atoms with Crippen molar-refractivity contribution in [3.63, 3.8) is 0 Å². The number of nitrogens with zero attached hydrogens (tertiary/aromatic N) is 4. The second-order valence-electron chi connectivity index (χ2n) is 5.89. The Morgan fingerprint density at radius 2 is 2.04 bits per heavy atom. The highest BCUT2D eigenvalue weighted by Gasteiger charge is 2.24. The van der Waals surface area contributed by atoms with Crippen molar-refractivity contribution in [2.45, 2.75) is 32.2 Å². The number of esters is 1. The summed E-state index contributed by atoms with van der Waals surface area (Å²) in [5.74, 6) is -0.632. The molecular weight excluding hydrogens is 308 g/mol. The van der Waals surface area contributed by atoms with Gasteiger partial charge in [-0.25, -0.2) is 14.5 Å². The van der Waals surface area contributed by atoms with Gasteiger partial charge in [0.05, 0.1) is 11.3 Å². The third-order valence-electron chi connectivity index (χ3n) is 4.24. The summed E-state index contributed by atoms with van der Waals surface area (Å²) in [6.45, 7) is 2.56. The van der Waals surface area contributed by atoms with Gasteiger partial charge in [0.25, 0.3) is 5.91 Å². The van der Waals surface area contributed by atoms with Crippen molar-refractivity contribution in [1.82, 2.24) is 19.7 Å². The predicted molar refractivity (Wildman–Crippen MR) is 86.7 cm³/mol. The van der Waals surface area contributed by atoms with Gasteiger partial charge >= 0.3 is 5.97 Å². The van der Waals surface area contributed by atoms with Crippen LogP contribution in [0.25, 0.3) is 5.69 Å². The van der Waals surface area contributed by atoms with Gasteiger partial charge in [-0.15, -0.1) is 0 Å². The minimum atomic E-state index is -0.502. The number of carbonyl (C=O) groups is 2. The molecule has 1 aromatic heterocycles. The Morgan fingerprint density at radius 3 is 2.71 bits per heavy atom. The van der Waals surface area contributed by atoms with Crippen molar-refractivity contribution in [3.05, 3.63) is 42.5 Å². The number of piperidine rings is 1. The van der Waals surface area contributed by atoms with Gasteiger partial charge in [-0.3, -0.25) is 4.79 Å². The number of likely N-dealkylation sites (tertiary alicyclic amines) is 1. The molecule has 0 saturated carbocycles. The molecule has 1 atom stereocenters. The second kappa shape index (κ2) is 7.25. The lowest BCUT2D eigenvalue weighted by Crippen LogP contribution is -2.44. The zero-order valence-corrected chi connectivity index (χ0v) is 13.6. The van der Waals surface area contributed by atoms with Crippen LogP contribution in [0.4, 0.5) is 0 Å². The Balaban J connectivity index is 1.56. The molecule has 2 heterocycles. The number of aromatic nitrogens is 3. The van der Waals surface area contributed by atoms with Crippen molar-refractivity contribution in [2.24, 2.45) is 0 Å². The first-order valence-electron chi connectivity index (χ1n) is 8.07. The molecule has 1 amide bonds. The summed E-state index contributed by atoms with van der Waals surface area (Å²) in [7, 11) is 0. The van der Waals surface area contributed by atoms with E-state index in [1.54, 1.807) is 40.2 Å². The summed E-state index contributed by atoms with van der Waals surface area (Å²) >= 11 is 0. The molecule has 0 spiro atoms. The SMILES string of the molecule is C[C@@H]1CCCCN1C(=O)COC(=O)c1ccc(-n2cncn2)cc1. The van der Waals surface area contributed by atoms with E-state index in [0.717, 1.165) is 31.5 Å². The molecular formula is C17H20N4O3. The normalized spacial score (nSPS) is 17.5. The topological polar surface area (TPSA) is 77.3 Å². The number of hydrogen-bond acceptors (Lipinski definition) is 5. The van der Waals surface area contributed by atoms with Crippen molar-refractivity contribution in [3.8, 4) is 5.69 Å². The van der Waals surface area contributed by atoms with E-state index in [1.807, 2.05) is 6.92 Å². The number of hydrogen-bond donors (Lipinski definition) is 0. The van der Waals surface area contributed by atoms with E-state index in [1.165, 1.54) is 6.33 Å². The van der Waals surface area contributed by atoms with Crippen LogP contribution in [0.3, 0.4) is 0 Å². The van der Waals surface area contributed by atoms with E-state index in [4.69, 9.17) is 4.74 Å². The van der Waals surface area contributed by atoms with Gasteiger partial charge in [-0.2, -0.15) is 5.10 Å². The Hall–Kier alpha value is -2.70. The maximum atomic E-state index is 12.2. The van der Waals surface area contributed by atoms with Crippen molar-refractivity contribution >= 4 is 11.9 Å². The first-order valence-corrected chi connectivity index (χ1v) is 8.07. The summed E-state index contributed by atoms with van der Waals surface area (Å²) in [5, 5.41) is 4.02. The van der Waals surface area contributed by atoms with Gasteiger partial charge in [-0.05, 0) is 50.5 Å². The molecule has 3 rings (SSSR count). The zero-order valence-electron chi connectivity index (χ0n) is 13.6. The van der Waals surface area contributed by atoms with Gasteiger partial charge in [0, 0.05) is 12.6 Å². The molecule has 1 fully saturated rings. The molecule has 0 bridgehead atoms. The summed E-state index contributed by atoms with van der Waals surface area (Å²) in [6.07, 6.45) is 6.17. The van der Waals surface area contributed by atoms with Crippen LogP contribution in [0.2, 0.25) is 0 Å². The molecule has 1 aliphatic heterocycles. The average Bonchev–Trinajstić information content (AvgIpc) is 3.14. The number of carbonyl (C=O) groups excluding carboxylic acids is 2. The Morgan fingerprint density at radius 1 is 1.25 bits per heavy atom. The highest BCUT2D eigenvalue weighted by Crippen LogP contribution is 2.16. The molecule has 1 saturated heterocycles. The third kappa shape index (κ3) is 3.61. The summed E-state index contributed by atoms with van der Waals surface area (Å²) in [4.78, 5) is 29.9. The first-order chi connectivity index (χ1) is 11.6. The van der Waals surface area contributed by atoms with Gasteiger partial charge < -0.3 is 9.64 Å². The van der Waals surface area contributed by atoms with E-state index in [-0.39, 0.29) is 18.6 Å². The van der Waals surface area contributed by atoms with Crippen LogP contribution in [0, 0.1) is 0 Å². The van der Waals surface area contributed by atoms with Crippen LogP contribution >= 0.6 is 0 Å². The molecule has 0 N–H and O–H groups in total. The van der Waals surface area contributed by atoms with E-state index in [0.29, 0.717) is 5.56 Å². The molecule has 7 nitrogen and oxygen atoms in total.